The Morgan fingerprint density at radius 3 is 2.47 bits per heavy atom. The minimum Gasteiger partial charge on any atom is -0.393 e. The molecule has 0 heterocycles. The van der Waals surface area contributed by atoms with E-state index in [1.54, 1.807) is 0 Å². The van der Waals surface area contributed by atoms with Crippen LogP contribution in [0.1, 0.15) is 72.1 Å². The molecule has 0 aliphatic heterocycles. The van der Waals surface area contributed by atoms with Gasteiger partial charge in [-0.25, -0.2) is 0 Å². The lowest BCUT2D eigenvalue weighted by atomic mass is 10.1. The van der Waals surface area contributed by atoms with Crippen LogP contribution in [0.15, 0.2) is 11.6 Å². The van der Waals surface area contributed by atoms with Crippen molar-refractivity contribution in [1.82, 2.24) is 0 Å². The van der Waals surface area contributed by atoms with Crippen molar-refractivity contribution in [2.24, 2.45) is 0 Å². The number of aliphatic hydroxyl groups is 1. The van der Waals surface area contributed by atoms with Gasteiger partial charge in [-0.05, 0) is 39.5 Å². The summed E-state index contributed by atoms with van der Waals surface area (Å²) in [5.74, 6) is 0. The zero-order chi connectivity index (χ0) is 11.5. The first-order valence-electron chi connectivity index (χ1n) is 6.50. The molecule has 0 bridgehead atoms. The van der Waals surface area contributed by atoms with Crippen molar-refractivity contribution in [1.29, 1.82) is 0 Å². The van der Waals surface area contributed by atoms with E-state index in [1.165, 1.54) is 44.1 Å². The highest BCUT2D eigenvalue weighted by Gasteiger charge is 1.94. The summed E-state index contributed by atoms with van der Waals surface area (Å²) in [6, 6.07) is 0. The van der Waals surface area contributed by atoms with Crippen molar-refractivity contribution in [2.45, 2.75) is 78.2 Å². The zero-order valence-electron chi connectivity index (χ0n) is 10.8. The predicted octanol–water partition coefficient (Wildman–Crippen LogP) is 4.45. The Bertz CT molecular complexity index is 159. The van der Waals surface area contributed by atoms with E-state index in [-0.39, 0.29) is 6.10 Å². The Kier molecular flexibility index (Phi) is 10.0. The van der Waals surface area contributed by atoms with Gasteiger partial charge in [0, 0.05) is 0 Å². The van der Waals surface area contributed by atoms with Crippen LogP contribution in [0.4, 0.5) is 0 Å². The molecule has 0 spiro atoms. The van der Waals surface area contributed by atoms with Crippen LogP contribution in [0, 0.1) is 0 Å². The number of allylic oxidation sites excluding steroid dienone is 2. The fraction of sp³-hybridized carbons (Fsp3) is 0.857. The second-order valence-electron chi connectivity index (χ2n) is 4.64. The number of rotatable bonds is 9. The van der Waals surface area contributed by atoms with Crippen LogP contribution >= 0.6 is 0 Å². The van der Waals surface area contributed by atoms with Crippen molar-refractivity contribution in [3.05, 3.63) is 11.6 Å². The molecule has 0 saturated carbocycles. The Hall–Kier alpha value is -0.300. The van der Waals surface area contributed by atoms with E-state index in [4.69, 9.17) is 5.11 Å². The maximum absolute atomic E-state index is 9.11. The van der Waals surface area contributed by atoms with Crippen molar-refractivity contribution < 1.29 is 5.11 Å². The molecular weight excluding hydrogens is 184 g/mol. The van der Waals surface area contributed by atoms with Gasteiger partial charge in [-0.2, -0.15) is 0 Å². The number of hydrogen-bond donors (Lipinski definition) is 1. The molecule has 90 valence electrons. The first-order chi connectivity index (χ1) is 7.16. The SMILES string of the molecule is CCCCCCC/C(C)=C\CCC(C)O. The van der Waals surface area contributed by atoms with E-state index in [1.807, 2.05) is 6.92 Å². The van der Waals surface area contributed by atoms with Gasteiger partial charge in [0.2, 0.25) is 0 Å². The average molecular weight is 212 g/mol. The predicted molar refractivity (Wildman–Crippen MR) is 68.0 cm³/mol. The maximum atomic E-state index is 9.11. The van der Waals surface area contributed by atoms with Gasteiger partial charge in [0.15, 0.2) is 0 Å². The van der Waals surface area contributed by atoms with Gasteiger partial charge in [0.25, 0.3) is 0 Å². The van der Waals surface area contributed by atoms with Crippen molar-refractivity contribution in [3.63, 3.8) is 0 Å². The highest BCUT2D eigenvalue weighted by Crippen LogP contribution is 2.11. The van der Waals surface area contributed by atoms with E-state index in [9.17, 15) is 0 Å². The number of unbranched alkanes of at least 4 members (excludes halogenated alkanes) is 4. The average Bonchev–Trinajstić information content (AvgIpc) is 2.17. The minimum absolute atomic E-state index is 0.154. The Morgan fingerprint density at radius 2 is 1.87 bits per heavy atom. The summed E-state index contributed by atoms with van der Waals surface area (Å²) in [7, 11) is 0. The monoisotopic (exact) mass is 212 g/mol. The fourth-order valence-electron chi connectivity index (χ4n) is 1.68. The van der Waals surface area contributed by atoms with Crippen LogP contribution < -0.4 is 0 Å². The lowest BCUT2D eigenvalue weighted by Gasteiger charge is -2.03. The Labute approximate surface area is 95.6 Å². The van der Waals surface area contributed by atoms with E-state index in [0.29, 0.717) is 0 Å². The summed E-state index contributed by atoms with van der Waals surface area (Å²) < 4.78 is 0. The molecule has 1 atom stereocenters. The van der Waals surface area contributed by atoms with Crippen molar-refractivity contribution >= 4 is 0 Å². The second kappa shape index (κ2) is 10.2. The molecule has 1 nitrogen and oxygen atoms in total. The van der Waals surface area contributed by atoms with Gasteiger partial charge in [-0.3, -0.25) is 0 Å². The lowest BCUT2D eigenvalue weighted by Crippen LogP contribution is -1.97. The smallest absolute Gasteiger partial charge is 0.0515 e. The summed E-state index contributed by atoms with van der Waals surface area (Å²) in [5, 5.41) is 9.11. The third-order valence-corrected chi connectivity index (χ3v) is 2.75. The summed E-state index contributed by atoms with van der Waals surface area (Å²) in [6.07, 6.45) is 12.1. The summed E-state index contributed by atoms with van der Waals surface area (Å²) in [5.41, 5.74) is 1.49. The van der Waals surface area contributed by atoms with Crippen LogP contribution in [0.3, 0.4) is 0 Å². The van der Waals surface area contributed by atoms with Gasteiger partial charge >= 0.3 is 0 Å². The molecule has 0 amide bonds. The topological polar surface area (TPSA) is 20.2 Å². The quantitative estimate of drug-likeness (QED) is 0.442. The highest BCUT2D eigenvalue weighted by atomic mass is 16.3. The molecule has 0 radical (unpaired) electrons. The van der Waals surface area contributed by atoms with Gasteiger partial charge in [0.05, 0.1) is 6.10 Å². The molecule has 0 saturated heterocycles. The van der Waals surface area contributed by atoms with E-state index in [2.05, 4.69) is 19.9 Å². The molecule has 1 unspecified atom stereocenters. The molecule has 0 fully saturated rings. The molecule has 1 heteroatoms. The molecular formula is C14H28O. The minimum atomic E-state index is -0.154. The molecule has 15 heavy (non-hydrogen) atoms. The first kappa shape index (κ1) is 14.7. The summed E-state index contributed by atoms with van der Waals surface area (Å²) in [6.45, 7) is 6.32. The van der Waals surface area contributed by atoms with Crippen LogP contribution in [-0.2, 0) is 0 Å². The normalized spacial score (nSPS) is 14.3. The Balaban J connectivity index is 3.34. The molecule has 0 aliphatic rings. The van der Waals surface area contributed by atoms with E-state index < -0.39 is 0 Å². The largest absolute Gasteiger partial charge is 0.393 e. The van der Waals surface area contributed by atoms with Gasteiger partial charge in [-0.15, -0.1) is 0 Å². The fourth-order valence-corrected chi connectivity index (χ4v) is 1.68. The molecule has 0 aromatic carbocycles. The molecule has 0 rings (SSSR count). The zero-order valence-corrected chi connectivity index (χ0v) is 10.8. The summed E-state index contributed by atoms with van der Waals surface area (Å²) in [4.78, 5) is 0. The molecule has 0 aliphatic carbocycles. The van der Waals surface area contributed by atoms with Crippen LogP contribution in [-0.4, -0.2) is 11.2 Å². The molecule has 1 N–H and O–H groups in total. The van der Waals surface area contributed by atoms with E-state index in [0.717, 1.165) is 12.8 Å². The van der Waals surface area contributed by atoms with Crippen molar-refractivity contribution in [2.75, 3.05) is 0 Å². The molecule has 0 aromatic heterocycles. The highest BCUT2D eigenvalue weighted by molar-refractivity contribution is 4.97. The summed E-state index contributed by atoms with van der Waals surface area (Å²) >= 11 is 0. The van der Waals surface area contributed by atoms with E-state index >= 15 is 0 Å². The number of aliphatic hydroxyl groups excluding tert-OH is 1. The van der Waals surface area contributed by atoms with Crippen LogP contribution in [0.25, 0.3) is 0 Å². The standard InChI is InChI=1S/C14H28O/c1-4-5-6-7-8-10-13(2)11-9-12-14(3)15/h11,14-15H,4-10,12H2,1-3H3/b13-11-. The Morgan fingerprint density at radius 1 is 1.20 bits per heavy atom. The third kappa shape index (κ3) is 11.6. The second-order valence-corrected chi connectivity index (χ2v) is 4.64. The third-order valence-electron chi connectivity index (χ3n) is 2.75. The van der Waals surface area contributed by atoms with Gasteiger partial charge < -0.3 is 5.11 Å². The lowest BCUT2D eigenvalue weighted by molar-refractivity contribution is 0.186. The van der Waals surface area contributed by atoms with Gasteiger partial charge in [0.1, 0.15) is 0 Å². The molecule has 0 aromatic rings. The maximum Gasteiger partial charge on any atom is 0.0515 e. The van der Waals surface area contributed by atoms with Crippen LogP contribution in [0.2, 0.25) is 0 Å². The first-order valence-corrected chi connectivity index (χ1v) is 6.50. The van der Waals surface area contributed by atoms with Crippen molar-refractivity contribution in [3.8, 4) is 0 Å². The number of hydrogen-bond acceptors (Lipinski definition) is 1. The van der Waals surface area contributed by atoms with Gasteiger partial charge in [-0.1, -0.05) is 44.3 Å². The van der Waals surface area contributed by atoms with Crippen LogP contribution in [0.5, 0.6) is 0 Å².